The van der Waals surface area contributed by atoms with Crippen LogP contribution in [0.4, 0.5) is 5.88 Å². The van der Waals surface area contributed by atoms with Crippen LogP contribution in [0.5, 0.6) is 0 Å². The Morgan fingerprint density at radius 1 is 1.19 bits per heavy atom. The first-order valence-electron chi connectivity index (χ1n) is 4.36. The van der Waals surface area contributed by atoms with Crippen LogP contribution in [-0.4, -0.2) is 0 Å². The summed E-state index contributed by atoms with van der Waals surface area (Å²) in [4.78, 5) is 0. The minimum absolute atomic E-state index is 0.101. The van der Waals surface area contributed by atoms with Crippen LogP contribution in [0.15, 0.2) is 28.7 Å². The highest BCUT2D eigenvalue weighted by Gasteiger charge is 2.10. The molecule has 2 N–H and O–H groups in total. The summed E-state index contributed by atoms with van der Waals surface area (Å²) in [5, 5.41) is 9.63. The van der Waals surface area contributed by atoms with Crippen molar-refractivity contribution in [3.05, 3.63) is 39.9 Å². The fourth-order valence-electron chi connectivity index (χ4n) is 1.28. The maximum absolute atomic E-state index is 8.74. The van der Waals surface area contributed by atoms with E-state index in [1.54, 1.807) is 24.3 Å². The molecule has 1 aromatic carbocycles. The predicted molar refractivity (Wildman–Crippen MR) is 63.3 cm³/mol. The van der Waals surface area contributed by atoms with Crippen LogP contribution in [0.1, 0.15) is 5.56 Å². The van der Waals surface area contributed by atoms with Gasteiger partial charge in [0, 0.05) is 11.6 Å². The molecule has 2 rings (SSSR count). The van der Waals surface area contributed by atoms with Gasteiger partial charge in [-0.3, -0.25) is 0 Å². The van der Waals surface area contributed by atoms with Gasteiger partial charge in [0.05, 0.1) is 10.0 Å². The highest BCUT2D eigenvalue weighted by Crippen LogP contribution is 2.31. The fourth-order valence-corrected chi connectivity index (χ4v) is 1.58. The average Bonchev–Trinajstić information content (AvgIpc) is 2.64. The van der Waals surface area contributed by atoms with Gasteiger partial charge in [-0.1, -0.05) is 23.2 Å². The molecule has 0 aliphatic rings. The van der Waals surface area contributed by atoms with E-state index in [2.05, 4.69) is 0 Å². The lowest BCUT2D eigenvalue weighted by Crippen LogP contribution is -1.82. The number of nitriles is 1. The molecular weight excluding hydrogens is 247 g/mol. The van der Waals surface area contributed by atoms with Crippen molar-refractivity contribution in [3.63, 3.8) is 0 Å². The molecule has 0 fully saturated rings. The molecule has 0 radical (unpaired) electrons. The first-order valence-corrected chi connectivity index (χ1v) is 5.12. The maximum atomic E-state index is 8.74. The zero-order valence-corrected chi connectivity index (χ0v) is 9.51. The standard InChI is InChI=1S/C11H6Cl2N2O/c12-8-2-1-6(3-9(8)13)10-4-7(5-14)11(15)16-10/h1-4H,15H2. The van der Waals surface area contributed by atoms with E-state index >= 15 is 0 Å². The molecule has 0 aliphatic heterocycles. The Bertz CT molecular complexity index is 584. The molecular formula is C11H6Cl2N2O. The minimum Gasteiger partial charge on any atom is -0.440 e. The number of nitrogens with two attached hydrogens (primary N) is 1. The maximum Gasteiger partial charge on any atom is 0.208 e. The lowest BCUT2D eigenvalue weighted by Gasteiger charge is -1.99. The first kappa shape index (κ1) is 10.9. The third-order valence-electron chi connectivity index (χ3n) is 2.09. The fraction of sp³-hybridized carbons (Fsp3) is 0. The molecule has 0 spiro atoms. The zero-order chi connectivity index (χ0) is 11.7. The van der Waals surface area contributed by atoms with Crippen molar-refractivity contribution in [2.75, 3.05) is 5.73 Å². The molecule has 0 bridgehead atoms. The van der Waals surface area contributed by atoms with E-state index in [-0.39, 0.29) is 5.88 Å². The second kappa shape index (κ2) is 4.09. The molecule has 0 unspecified atom stereocenters. The van der Waals surface area contributed by atoms with Gasteiger partial charge in [-0.05, 0) is 18.2 Å². The van der Waals surface area contributed by atoms with Crippen molar-refractivity contribution >= 4 is 29.1 Å². The Morgan fingerprint density at radius 3 is 2.50 bits per heavy atom. The highest BCUT2D eigenvalue weighted by atomic mass is 35.5. The van der Waals surface area contributed by atoms with Gasteiger partial charge in [-0.15, -0.1) is 0 Å². The number of anilines is 1. The van der Waals surface area contributed by atoms with Crippen molar-refractivity contribution < 1.29 is 4.42 Å². The Kier molecular flexibility index (Phi) is 2.78. The molecule has 0 aliphatic carbocycles. The summed E-state index contributed by atoms with van der Waals surface area (Å²) in [6.07, 6.45) is 0. The molecule has 80 valence electrons. The Labute approximate surface area is 102 Å². The van der Waals surface area contributed by atoms with Gasteiger partial charge < -0.3 is 10.2 Å². The number of hydrogen-bond acceptors (Lipinski definition) is 3. The van der Waals surface area contributed by atoms with E-state index in [1.807, 2.05) is 6.07 Å². The summed E-state index contributed by atoms with van der Waals surface area (Å²) in [5.41, 5.74) is 6.54. The van der Waals surface area contributed by atoms with E-state index in [1.165, 1.54) is 0 Å². The molecule has 3 nitrogen and oxygen atoms in total. The van der Waals surface area contributed by atoms with Crippen molar-refractivity contribution in [1.82, 2.24) is 0 Å². The van der Waals surface area contributed by atoms with E-state index in [0.717, 1.165) is 5.56 Å². The van der Waals surface area contributed by atoms with Gasteiger partial charge in [0.2, 0.25) is 5.88 Å². The second-order valence-corrected chi connectivity index (χ2v) is 3.94. The summed E-state index contributed by atoms with van der Waals surface area (Å²) >= 11 is 11.7. The summed E-state index contributed by atoms with van der Waals surface area (Å²) < 4.78 is 5.24. The van der Waals surface area contributed by atoms with Crippen LogP contribution >= 0.6 is 23.2 Å². The first-order chi connectivity index (χ1) is 7.61. The molecule has 5 heteroatoms. The van der Waals surface area contributed by atoms with Crippen molar-refractivity contribution in [2.45, 2.75) is 0 Å². The number of rotatable bonds is 1. The van der Waals surface area contributed by atoms with E-state index < -0.39 is 0 Å². The van der Waals surface area contributed by atoms with Gasteiger partial charge in [0.1, 0.15) is 17.4 Å². The normalized spacial score (nSPS) is 10.1. The largest absolute Gasteiger partial charge is 0.440 e. The van der Waals surface area contributed by atoms with E-state index in [9.17, 15) is 0 Å². The third-order valence-corrected chi connectivity index (χ3v) is 2.82. The molecule has 0 atom stereocenters. The van der Waals surface area contributed by atoms with Gasteiger partial charge in [-0.25, -0.2) is 0 Å². The Hall–Kier alpha value is -1.63. The van der Waals surface area contributed by atoms with Crippen LogP contribution in [0.3, 0.4) is 0 Å². The molecule has 1 heterocycles. The van der Waals surface area contributed by atoms with Crippen LogP contribution < -0.4 is 5.73 Å². The predicted octanol–water partition coefficient (Wildman–Crippen LogP) is 3.71. The molecule has 0 saturated carbocycles. The quantitative estimate of drug-likeness (QED) is 0.842. The molecule has 2 aromatic rings. The minimum atomic E-state index is 0.101. The number of halogens is 2. The van der Waals surface area contributed by atoms with E-state index in [4.69, 9.17) is 38.6 Å². The van der Waals surface area contributed by atoms with Crippen molar-refractivity contribution in [3.8, 4) is 17.4 Å². The smallest absolute Gasteiger partial charge is 0.208 e. The van der Waals surface area contributed by atoms with Crippen molar-refractivity contribution in [1.29, 1.82) is 5.26 Å². The molecule has 16 heavy (non-hydrogen) atoms. The van der Waals surface area contributed by atoms with E-state index in [0.29, 0.717) is 21.4 Å². The third kappa shape index (κ3) is 1.85. The highest BCUT2D eigenvalue weighted by molar-refractivity contribution is 6.42. The summed E-state index contributed by atoms with van der Waals surface area (Å²) in [6.45, 7) is 0. The average molecular weight is 253 g/mol. The van der Waals surface area contributed by atoms with Gasteiger partial charge in [-0.2, -0.15) is 5.26 Å². The molecule has 1 aromatic heterocycles. The number of nitrogens with zero attached hydrogens (tertiary/aromatic N) is 1. The Balaban J connectivity index is 2.51. The lowest BCUT2D eigenvalue weighted by atomic mass is 10.1. The van der Waals surface area contributed by atoms with Crippen LogP contribution in [0.2, 0.25) is 10.0 Å². The summed E-state index contributed by atoms with van der Waals surface area (Å²) in [7, 11) is 0. The topological polar surface area (TPSA) is 63.0 Å². The van der Waals surface area contributed by atoms with Gasteiger partial charge >= 0.3 is 0 Å². The lowest BCUT2D eigenvalue weighted by molar-refractivity contribution is 0.602. The molecule has 0 saturated heterocycles. The Morgan fingerprint density at radius 2 is 1.94 bits per heavy atom. The second-order valence-electron chi connectivity index (χ2n) is 3.13. The van der Waals surface area contributed by atoms with Crippen LogP contribution in [0.25, 0.3) is 11.3 Å². The number of nitrogen functional groups attached to an aromatic ring is 1. The van der Waals surface area contributed by atoms with Crippen LogP contribution in [0, 0.1) is 11.3 Å². The van der Waals surface area contributed by atoms with Gasteiger partial charge in [0.15, 0.2) is 0 Å². The number of furan rings is 1. The monoisotopic (exact) mass is 252 g/mol. The SMILES string of the molecule is N#Cc1cc(-c2ccc(Cl)c(Cl)c2)oc1N. The summed E-state index contributed by atoms with van der Waals surface area (Å²) in [6, 6.07) is 8.55. The number of benzene rings is 1. The number of hydrogen-bond donors (Lipinski definition) is 1. The zero-order valence-electron chi connectivity index (χ0n) is 8.00. The van der Waals surface area contributed by atoms with Gasteiger partial charge in [0.25, 0.3) is 0 Å². The molecule has 0 amide bonds. The van der Waals surface area contributed by atoms with Crippen LogP contribution in [-0.2, 0) is 0 Å². The summed E-state index contributed by atoms with van der Waals surface area (Å²) in [5.74, 6) is 0.594. The van der Waals surface area contributed by atoms with Crippen molar-refractivity contribution in [2.24, 2.45) is 0 Å².